The van der Waals surface area contributed by atoms with Gasteiger partial charge in [-0.1, -0.05) is 136 Å². The van der Waals surface area contributed by atoms with E-state index in [0.717, 1.165) is 0 Å². The molecule has 0 fully saturated rings. The van der Waals surface area contributed by atoms with E-state index >= 15 is 0 Å². The first-order valence-corrected chi connectivity index (χ1v) is 12.8. The summed E-state index contributed by atoms with van der Waals surface area (Å²) < 4.78 is 0. The molecule has 0 aliphatic heterocycles. The molecule has 0 aliphatic rings. The number of hydrogen-bond acceptors (Lipinski definition) is 1. The minimum atomic E-state index is -0.859. The monoisotopic (exact) mass is 445 g/mol. The van der Waals surface area contributed by atoms with E-state index < -0.39 is 16.1 Å². The van der Waals surface area contributed by atoms with Gasteiger partial charge in [-0.2, -0.15) is 0 Å². The molecule has 31 heavy (non-hydrogen) atoms. The molecule has 0 bridgehead atoms. The Morgan fingerprint density at radius 3 is 1.84 bits per heavy atom. The highest BCUT2D eigenvalue weighted by molar-refractivity contribution is 7.81. The number of benzene rings is 1. The van der Waals surface area contributed by atoms with Crippen LogP contribution in [0.2, 0.25) is 0 Å². The summed E-state index contributed by atoms with van der Waals surface area (Å²) in [7, 11) is -1.72. The molecule has 0 aliphatic carbocycles. The lowest BCUT2D eigenvalue weighted by atomic mass is 10.4. The number of nitrogens with one attached hydrogen (secondary N) is 1. The zero-order chi connectivity index (χ0) is 22.9. The van der Waals surface area contributed by atoms with Gasteiger partial charge < -0.3 is 0 Å². The predicted molar refractivity (Wildman–Crippen MR) is 147 cm³/mol. The van der Waals surface area contributed by atoms with Crippen molar-refractivity contribution in [1.82, 2.24) is 4.86 Å². The van der Waals surface area contributed by atoms with Crippen molar-refractivity contribution in [3.8, 4) is 0 Å². The summed E-state index contributed by atoms with van der Waals surface area (Å²) >= 11 is 0. The Hall–Kier alpha value is -2.56. The van der Waals surface area contributed by atoms with Crippen LogP contribution in [0.5, 0.6) is 0 Å². The number of hydrogen-bond donors (Lipinski definition) is 1. The van der Waals surface area contributed by atoms with Gasteiger partial charge in [-0.15, -0.1) is 0 Å². The SMILES string of the molecule is C=C/C=C\C(=C/C)P(NP(C(/C=C\C=C)=C/C=C)c1ccccc1)C(/C=C\C)=C/C=C. The lowest BCUT2D eigenvalue weighted by Gasteiger charge is -2.29. The van der Waals surface area contributed by atoms with Crippen LogP contribution in [0.1, 0.15) is 13.8 Å². The summed E-state index contributed by atoms with van der Waals surface area (Å²) in [5.41, 5.74) is 0. The molecule has 2 unspecified atom stereocenters. The maximum atomic E-state index is 4.00. The molecule has 3 heteroatoms. The van der Waals surface area contributed by atoms with E-state index in [-0.39, 0.29) is 0 Å². The Morgan fingerprint density at radius 2 is 1.32 bits per heavy atom. The third kappa shape index (κ3) is 8.99. The highest BCUT2D eigenvalue weighted by Gasteiger charge is 2.23. The summed E-state index contributed by atoms with van der Waals surface area (Å²) in [6.07, 6.45) is 26.0. The van der Waals surface area contributed by atoms with Gasteiger partial charge in [0.05, 0.1) is 0 Å². The molecular formula is C28H33NP2. The molecule has 0 saturated carbocycles. The van der Waals surface area contributed by atoms with Crippen molar-refractivity contribution in [3.05, 3.63) is 152 Å². The molecule has 0 amide bonds. The van der Waals surface area contributed by atoms with Crippen molar-refractivity contribution in [2.45, 2.75) is 13.8 Å². The fourth-order valence-electron chi connectivity index (χ4n) is 2.66. The van der Waals surface area contributed by atoms with Crippen molar-refractivity contribution in [2.24, 2.45) is 0 Å². The van der Waals surface area contributed by atoms with Gasteiger partial charge in [-0.05, 0) is 35.1 Å². The molecule has 2 atom stereocenters. The molecule has 0 saturated heterocycles. The molecule has 0 spiro atoms. The normalized spacial score (nSPS) is 15.4. The standard InChI is InChI=1S/C28H33NP2/c1-7-13-21-25(12-6)30(26(18-9-3)19-10-4)29-31(28-23-16-15-17-24-28)27(20-11-5)22-14-8-2/h7-24,29H,1-3,5H2,4,6H3/b19-10-,21-13-,22-14-,25-12+,26-18+,27-20+. The van der Waals surface area contributed by atoms with Crippen LogP contribution in [-0.4, -0.2) is 0 Å². The first-order chi connectivity index (χ1) is 15.2. The molecular weight excluding hydrogens is 412 g/mol. The molecule has 1 nitrogen and oxygen atoms in total. The molecule has 1 aromatic rings. The van der Waals surface area contributed by atoms with Crippen LogP contribution >= 0.6 is 16.1 Å². The van der Waals surface area contributed by atoms with Crippen LogP contribution in [-0.2, 0) is 0 Å². The Bertz CT molecular complexity index is 912. The molecule has 1 N–H and O–H groups in total. The van der Waals surface area contributed by atoms with Crippen molar-refractivity contribution < 1.29 is 0 Å². The average Bonchev–Trinajstić information content (AvgIpc) is 2.79. The quantitative estimate of drug-likeness (QED) is 0.236. The fraction of sp³-hybridized carbons (Fsp3) is 0.0714. The largest absolute Gasteiger partial charge is 0.259 e. The van der Waals surface area contributed by atoms with E-state index in [9.17, 15) is 0 Å². The van der Waals surface area contributed by atoms with E-state index in [1.807, 2.05) is 37.3 Å². The first-order valence-electron chi connectivity index (χ1n) is 10.1. The minimum Gasteiger partial charge on any atom is -0.259 e. The van der Waals surface area contributed by atoms with Gasteiger partial charge in [-0.25, -0.2) is 0 Å². The summed E-state index contributed by atoms with van der Waals surface area (Å²) in [4.78, 5) is 4.00. The summed E-state index contributed by atoms with van der Waals surface area (Å²) in [5.74, 6) is 0. The zero-order valence-corrected chi connectivity index (χ0v) is 20.4. The Balaban J connectivity index is 3.68. The lowest BCUT2D eigenvalue weighted by molar-refractivity contribution is 1.56. The molecule has 0 radical (unpaired) electrons. The molecule has 0 heterocycles. The second kappa shape index (κ2) is 16.2. The Labute approximate surface area is 191 Å². The smallest absolute Gasteiger partial charge is 0.0294 e. The topological polar surface area (TPSA) is 12.0 Å². The Kier molecular flexibility index (Phi) is 13.8. The van der Waals surface area contributed by atoms with Gasteiger partial charge in [0.25, 0.3) is 0 Å². The second-order valence-corrected chi connectivity index (χ2v) is 10.4. The highest BCUT2D eigenvalue weighted by atomic mass is 31.2. The number of rotatable bonds is 13. The van der Waals surface area contributed by atoms with Crippen LogP contribution in [0, 0.1) is 0 Å². The van der Waals surface area contributed by atoms with Crippen molar-refractivity contribution in [1.29, 1.82) is 0 Å². The summed E-state index contributed by atoms with van der Waals surface area (Å²) in [5, 5.41) is 4.83. The first kappa shape index (κ1) is 26.5. The van der Waals surface area contributed by atoms with Gasteiger partial charge in [0.15, 0.2) is 0 Å². The van der Waals surface area contributed by atoms with Gasteiger partial charge in [0, 0.05) is 16.1 Å². The van der Waals surface area contributed by atoms with E-state index in [1.54, 1.807) is 12.2 Å². The Morgan fingerprint density at radius 1 is 0.742 bits per heavy atom. The highest BCUT2D eigenvalue weighted by Crippen LogP contribution is 2.58. The van der Waals surface area contributed by atoms with Gasteiger partial charge in [-0.3, -0.25) is 4.86 Å². The fourth-order valence-corrected chi connectivity index (χ4v) is 7.91. The molecule has 0 aromatic heterocycles. The van der Waals surface area contributed by atoms with Crippen molar-refractivity contribution >= 4 is 21.4 Å². The molecule has 160 valence electrons. The van der Waals surface area contributed by atoms with E-state index in [2.05, 4.69) is 105 Å². The van der Waals surface area contributed by atoms with Crippen molar-refractivity contribution in [2.75, 3.05) is 0 Å². The van der Waals surface area contributed by atoms with Crippen LogP contribution in [0.4, 0.5) is 0 Å². The second-order valence-electron chi connectivity index (χ2n) is 6.16. The van der Waals surface area contributed by atoms with E-state index in [1.165, 1.54) is 21.2 Å². The van der Waals surface area contributed by atoms with E-state index in [4.69, 9.17) is 0 Å². The molecule has 1 rings (SSSR count). The maximum Gasteiger partial charge on any atom is 0.0294 e. The summed E-state index contributed by atoms with van der Waals surface area (Å²) in [6.45, 7) is 19.6. The average molecular weight is 446 g/mol. The molecule has 1 aromatic carbocycles. The lowest BCUT2D eigenvalue weighted by Crippen LogP contribution is -2.13. The maximum absolute atomic E-state index is 4.00. The summed E-state index contributed by atoms with van der Waals surface area (Å²) in [6, 6.07) is 10.6. The van der Waals surface area contributed by atoms with Crippen molar-refractivity contribution in [3.63, 3.8) is 0 Å². The van der Waals surface area contributed by atoms with Crippen LogP contribution in [0.3, 0.4) is 0 Å². The third-order valence-corrected chi connectivity index (χ3v) is 8.97. The zero-order valence-electron chi connectivity index (χ0n) is 18.6. The van der Waals surface area contributed by atoms with Gasteiger partial charge in [0.1, 0.15) is 0 Å². The van der Waals surface area contributed by atoms with Gasteiger partial charge >= 0.3 is 0 Å². The van der Waals surface area contributed by atoms with Gasteiger partial charge in [0.2, 0.25) is 0 Å². The third-order valence-electron chi connectivity index (χ3n) is 4.01. The minimum absolute atomic E-state index is 0.859. The predicted octanol–water partition coefficient (Wildman–Crippen LogP) is 8.80. The van der Waals surface area contributed by atoms with Crippen LogP contribution < -0.4 is 10.2 Å². The van der Waals surface area contributed by atoms with Crippen LogP contribution in [0.25, 0.3) is 0 Å². The van der Waals surface area contributed by atoms with E-state index in [0.29, 0.717) is 0 Å². The number of allylic oxidation sites excluding steroid dienone is 16. The van der Waals surface area contributed by atoms with Crippen LogP contribution in [0.15, 0.2) is 152 Å².